The molecular weight excluding hydrogens is 252 g/mol. The summed E-state index contributed by atoms with van der Waals surface area (Å²) in [7, 11) is 0. The monoisotopic (exact) mass is 274 g/mol. The van der Waals surface area contributed by atoms with E-state index in [1.807, 2.05) is 13.0 Å². The molecule has 0 saturated carbocycles. The van der Waals surface area contributed by atoms with Crippen molar-refractivity contribution in [3.63, 3.8) is 0 Å². The molecule has 0 saturated heterocycles. The van der Waals surface area contributed by atoms with Crippen LogP contribution in [0, 0.1) is 0 Å². The van der Waals surface area contributed by atoms with Gasteiger partial charge in [0.25, 0.3) is 0 Å². The molecule has 108 valence electrons. The van der Waals surface area contributed by atoms with E-state index < -0.39 is 5.97 Å². The van der Waals surface area contributed by atoms with Crippen molar-refractivity contribution >= 4 is 11.8 Å². The topological polar surface area (TPSA) is 54.4 Å². The average Bonchev–Trinajstić information content (AvgIpc) is 2.44. The Morgan fingerprint density at radius 3 is 2.45 bits per heavy atom. The Morgan fingerprint density at radius 1 is 1.20 bits per heavy atom. The number of hydrogen-bond donors (Lipinski definition) is 1. The summed E-state index contributed by atoms with van der Waals surface area (Å²) < 4.78 is 0. The summed E-state index contributed by atoms with van der Waals surface area (Å²) >= 11 is 0. The van der Waals surface area contributed by atoms with E-state index in [1.54, 1.807) is 19.1 Å². The van der Waals surface area contributed by atoms with Crippen molar-refractivity contribution in [2.45, 2.75) is 46.0 Å². The highest BCUT2D eigenvalue weighted by molar-refractivity contribution is 5.98. The fourth-order valence-electron chi connectivity index (χ4n) is 2.17. The Kier molecular flexibility index (Phi) is 6.16. The van der Waals surface area contributed by atoms with E-state index in [-0.39, 0.29) is 12.2 Å². The number of carboxylic acids is 1. The van der Waals surface area contributed by atoms with Gasteiger partial charge in [-0.3, -0.25) is 4.79 Å². The molecule has 1 aliphatic carbocycles. The number of allylic oxidation sites excluding steroid dienone is 6. The Hall–Kier alpha value is -1.90. The van der Waals surface area contributed by atoms with Crippen molar-refractivity contribution in [1.29, 1.82) is 0 Å². The lowest BCUT2D eigenvalue weighted by atomic mass is 9.88. The predicted octanol–water partition coefficient (Wildman–Crippen LogP) is 3.98. The van der Waals surface area contributed by atoms with Gasteiger partial charge in [0.05, 0.1) is 0 Å². The van der Waals surface area contributed by atoms with Crippen LogP contribution in [0.3, 0.4) is 0 Å². The highest BCUT2D eigenvalue weighted by atomic mass is 16.4. The summed E-state index contributed by atoms with van der Waals surface area (Å²) in [5.74, 6) is -0.884. The summed E-state index contributed by atoms with van der Waals surface area (Å²) in [5.41, 5.74) is 2.87. The van der Waals surface area contributed by atoms with E-state index in [4.69, 9.17) is 5.11 Å². The molecule has 0 aromatic rings. The molecule has 0 fully saturated rings. The molecule has 0 bridgehead atoms. The van der Waals surface area contributed by atoms with Gasteiger partial charge >= 0.3 is 5.97 Å². The van der Waals surface area contributed by atoms with Crippen LogP contribution in [0.1, 0.15) is 46.0 Å². The van der Waals surface area contributed by atoms with E-state index >= 15 is 0 Å². The summed E-state index contributed by atoms with van der Waals surface area (Å²) in [6.45, 7) is 7.32. The fraction of sp³-hybridized carbons (Fsp3) is 0.412. The standard InChI is InChI=1S/C17H22O3/c1-4-12(2)9-10-13(3)16(18)11-14-7-5-6-8-15(14)17(19)20/h4,9-10H,1,5-8,11H2,2-3H3,(H,19,20)/b12-9-,13-10+. The lowest BCUT2D eigenvalue weighted by molar-refractivity contribution is -0.133. The molecule has 0 aliphatic heterocycles. The largest absolute Gasteiger partial charge is 0.478 e. The zero-order chi connectivity index (χ0) is 15.1. The number of ketones is 1. The molecular formula is C17H22O3. The van der Waals surface area contributed by atoms with Gasteiger partial charge in [-0.2, -0.15) is 0 Å². The van der Waals surface area contributed by atoms with E-state index in [0.29, 0.717) is 17.6 Å². The minimum absolute atomic E-state index is 0.00578. The zero-order valence-corrected chi connectivity index (χ0v) is 12.2. The van der Waals surface area contributed by atoms with Gasteiger partial charge in [0.1, 0.15) is 0 Å². The second-order valence-corrected chi connectivity index (χ2v) is 5.16. The van der Waals surface area contributed by atoms with Crippen molar-refractivity contribution in [1.82, 2.24) is 0 Å². The maximum Gasteiger partial charge on any atom is 0.331 e. The molecule has 0 radical (unpaired) electrons. The number of carbonyl (C=O) groups excluding carboxylic acids is 1. The van der Waals surface area contributed by atoms with Crippen molar-refractivity contribution in [3.05, 3.63) is 47.1 Å². The number of hydrogen-bond acceptors (Lipinski definition) is 2. The SMILES string of the molecule is C=C/C(C)=C\C=C(/C)C(=O)CC1=C(C(=O)O)CCCC1. The van der Waals surface area contributed by atoms with Crippen molar-refractivity contribution in [3.8, 4) is 0 Å². The molecule has 0 aromatic carbocycles. The van der Waals surface area contributed by atoms with Gasteiger partial charge in [-0.1, -0.05) is 36.0 Å². The molecule has 20 heavy (non-hydrogen) atoms. The first kappa shape index (κ1) is 16.2. The van der Waals surface area contributed by atoms with Crippen LogP contribution in [0.5, 0.6) is 0 Å². The highest BCUT2D eigenvalue weighted by Gasteiger charge is 2.20. The van der Waals surface area contributed by atoms with Crippen LogP contribution >= 0.6 is 0 Å². The number of Topliss-reactive ketones (excluding diaryl/α,β-unsaturated/α-hetero) is 1. The summed E-state index contributed by atoms with van der Waals surface area (Å²) in [5, 5.41) is 9.16. The molecule has 0 aromatic heterocycles. The van der Waals surface area contributed by atoms with Crippen molar-refractivity contribution in [2.75, 3.05) is 0 Å². The van der Waals surface area contributed by atoms with Crippen LogP contribution in [0.2, 0.25) is 0 Å². The molecule has 1 N–H and O–H groups in total. The fourth-order valence-corrected chi connectivity index (χ4v) is 2.17. The first-order valence-electron chi connectivity index (χ1n) is 6.90. The molecule has 0 amide bonds. The van der Waals surface area contributed by atoms with Gasteiger partial charge in [0.2, 0.25) is 0 Å². The summed E-state index contributed by atoms with van der Waals surface area (Å²) in [6.07, 6.45) is 8.73. The molecule has 1 aliphatic rings. The van der Waals surface area contributed by atoms with E-state index in [0.717, 1.165) is 30.4 Å². The number of aliphatic carboxylic acids is 1. The predicted molar refractivity (Wildman–Crippen MR) is 80.5 cm³/mol. The van der Waals surface area contributed by atoms with Crippen molar-refractivity contribution < 1.29 is 14.7 Å². The molecule has 1 rings (SSSR count). The molecule has 3 heteroatoms. The van der Waals surface area contributed by atoms with E-state index in [2.05, 4.69) is 6.58 Å². The molecule has 0 unspecified atom stereocenters. The second kappa shape index (κ2) is 7.63. The zero-order valence-electron chi connectivity index (χ0n) is 12.2. The van der Waals surface area contributed by atoms with Gasteiger partial charge in [-0.15, -0.1) is 0 Å². The van der Waals surface area contributed by atoms with Crippen LogP contribution in [0.15, 0.2) is 47.1 Å². The maximum absolute atomic E-state index is 12.1. The Bertz CT molecular complexity index is 504. The van der Waals surface area contributed by atoms with E-state index in [9.17, 15) is 9.59 Å². The van der Waals surface area contributed by atoms with Gasteiger partial charge in [-0.25, -0.2) is 4.79 Å². The lowest BCUT2D eigenvalue weighted by Crippen LogP contribution is -2.12. The lowest BCUT2D eigenvalue weighted by Gasteiger charge is -2.17. The van der Waals surface area contributed by atoms with Gasteiger partial charge < -0.3 is 5.11 Å². The Morgan fingerprint density at radius 2 is 1.85 bits per heavy atom. The molecule has 0 atom stereocenters. The number of carbonyl (C=O) groups is 2. The maximum atomic E-state index is 12.1. The van der Waals surface area contributed by atoms with Crippen LogP contribution in [-0.4, -0.2) is 16.9 Å². The quantitative estimate of drug-likeness (QED) is 0.588. The molecule has 0 heterocycles. The van der Waals surface area contributed by atoms with Crippen molar-refractivity contribution in [2.24, 2.45) is 0 Å². The second-order valence-electron chi connectivity index (χ2n) is 5.16. The van der Waals surface area contributed by atoms with Gasteiger partial charge in [0.15, 0.2) is 5.78 Å². The first-order chi connectivity index (χ1) is 9.45. The van der Waals surface area contributed by atoms with Crippen LogP contribution in [0.25, 0.3) is 0 Å². The van der Waals surface area contributed by atoms with Crippen LogP contribution < -0.4 is 0 Å². The molecule has 0 spiro atoms. The Balaban J connectivity index is 2.84. The summed E-state index contributed by atoms with van der Waals surface area (Å²) in [6, 6.07) is 0. The third-order valence-corrected chi connectivity index (χ3v) is 3.57. The van der Waals surface area contributed by atoms with Gasteiger partial charge in [0, 0.05) is 12.0 Å². The number of rotatable bonds is 6. The third-order valence-electron chi connectivity index (χ3n) is 3.57. The number of carboxylic acid groups (broad SMARTS) is 1. The Labute approximate surface area is 120 Å². The minimum Gasteiger partial charge on any atom is -0.478 e. The summed E-state index contributed by atoms with van der Waals surface area (Å²) in [4.78, 5) is 23.3. The first-order valence-corrected chi connectivity index (χ1v) is 6.90. The van der Waals surface area contributed by atoms with Crippen LogP contribution in [0.4, 0.5) is 0 Å². The van der Waals surface area contributed by atoms with E-state index in [1.165, 1.54) is 0 Å². The normalized spacial score (nSPS) is 17.1. The highest BCUT2D eigenvalue weighted by Crippen LogP contribution is 2.28. The molecule has 3 nitrogen and oxygen atoms in total. The smallest absolute Gasteiger partial charge is 0.331 e. The third kappa shape index (κ3) is 4.65. The van der Waals surface area contributed by atoms with Crippen LogP contribution in [-0.2, 0) is 9.59 Å². The minimum atomic E-state index is -0.878. The average molecular weight is 274 g/mol. The van der Waals surface area contributed by atoms with Gasteiger partial charge in [-0.05, 0) is 45.1 Å².